The van der Waals surface area contributed by atoms with Crippen molar-refractivity contribution >= 4 is 5.69 Å². The monoisotopic (exact) mass is 391 g/mol. The van der Waals surface area contributed by atoms with E-state index in [1.165, 1.54) is 12.1 Å². The summed E-state index contributed by atoms with van der Waals surface area (Å²) in [6, 6.07) is 13.4. The average molecular weight is 391 g/mol. The number of benzene rings is 2. The highest BCUT2D eigenvalue weighted by molar-refractivity contribution is 5.46. The van der Waals surface area contributed by atoms with Crippen LogP contribution in [-0.4, -0.2) is 22.9 Å². The number of fused-ring (bicyclic) bond motifs is 1. The van der Waals surface area contributed by atoms with E-state index in [1.54, 1.807) is 18.2 Å². The first kappa shape index (κ1) is 18.1. The van der Waals surface area contributed by atoms with Crippen molar-refractivity contribution in [1.82, 2.24) is 10.1 Å². The van der Waals surface area contributed by atoms with E-state index >= 15 is 0 Å². The lowest BCUT2D eigenvalue weighted by Crippen LogP contribution is -2.21. The van der Waals surface area contributed by atoms with Crippen molar-refractivity contribution in [3.63, 3.8) is 0 Å². The Morgan fingerprint density at radius 2 is 1.89 bits per heavy atom. The van der Waals surface area contributed by atoms with E-state index in [-0.39, 0.29) is 24.6 Å². The van der Waals surface area contributed by atoms with Crippen LogP contribution < -0.4 is 14.8 Å². The van der Waals surface area contributed by atoms with Crippen molar-refractivity contribution < 1.29 is 27.2 Å². The predicted octanol–water partition coefficient (Wildman–Crippen LogP) is 4.30. The highest BCUT2D eigenvalue weighted by Gasteiger charge is 2.28. The number of nitrogens with one attached hydrogen (secondary N) is 1. The zero-order chi connectivity index (χ0) is 19.6. The lowest BCUT2D eigenvalue weighted by Gasteiger charge is -2.23. The highest BCUT2D eigenvalue weighted by Crippen LogP contribution is 2.35. The van der Waals surface area contributed by atoms with Gasteiger partial charge in [-0.15, -0.1) is 0 Å². The second-order valence-electron chi connectivity index (χ2n) is 6.26. The van der Waals surface area contributed by atoms with Gasteiger partial charge in [0.25, 0.3) is 5.89 Å². The lowest BCUT2D eigenvalue weighted by atomic mass is 10.1. The summed E-state index contributed by atoms with van der Waals surface area (Å²) < 4.78 is 54.2. The molecule has 0 aliphatic carbocycles. The van der Waals surface area contributed by atoms with E-state index in [0.717, 1.165) is 0 Å². The van der Waals surface area contributed by atoms with Crippen LogP contribution in [0.2, 0.25) is 0 Å². The van der Waals surface area contributed by atoms with Gasteiger partial charge in [0.05, 0.1) is 13.0 Å². The standard InChI is InChI=1S/C19H16F3N3O3/c20-19(21,22)9-12-4-3-5-13(8-12)23-10-17-24-18(28-25-17)16-11-26-14-6-1-2-7-15(14)27-16/h1-8,16,23H,9-11H2. The van der Waals surface area contributed by atoms with Crippen LogP contribution in [-0.2, 0) is 13.0 Å². The summed E-state index contributed by atoms with van der Waals surface area (Å²) in [5.74, 6) is 1.88. The van der Waals surface area contributed by atoms with Gasteiger partial charge >= 0.3 is 6.18 Å². The summed E-state index contributed by atoms with van der Waals surface area (Å²) in [6.07, 6.45) is -5.75. The Hall–Kier alpha value is -3.23. The Balaban J connectivity index is 1.38. The Morgan fingerprint density at radius 1 is 1.07 bits per heavy atom. The molecule has 0 amide bonds. The number of aromatic nitrogens is 2. The van der Waals surface area contributed by atoms with Crippen LogP contribution in [0.5, 0.6) is 11.5 Å². The summed E-state index contributed by atoms with van der Waals surface area (Å²) in [4.78, 5) is 4.28. The summed E-state index contributed by atoms with van der Waals surface area (Å²) in [7, 11) is 0. The molecule has 1 aliphatic heterocycles. The van der Waals surface area contributed by atoms with E-state index in [9.17, 15) is 13.2 Å². The molecule has 6 nitrogen and oxygen atoms in total. The molecular weight excluding hydrogens is 375 g/mol. The van der Waals surface area contributed by atoms with E-state index < -0.39 is 18.7 Å². The molecule has 4 rings (SSSR count). The first-order chi connectivity index (χ1) is 13.5. The zero-order valence-electron chi connectivity index (χ0n) is 14.6. The van der Waals surface area contributed by atoms with Gasteiger partial charge in [-0.2, -0.15) is 18.2 Å². The first-order valence-corrected chi connectivity index (χ1v) is 8.57. The number of hydrogen-bond donors (Lipinski definition) is 1. The largest absolute Gasteiger partial charge is 0.485 e. The minimum atomic E-state index is -4.25. The molecule has 1 aliphatic rings. The number of alkyl halides is 3. The summed E-state index contributed by atoms with van der Waals surface area (Å²) in [5, 5.41) is 6.87. The average Bonchev–Trinajstić information content (AvgIpc) is 3.14. The number of nitrogens with zero attached hydrogens (tertiary/aromatic N) is 2. The smallest absolute Gasteiger partial charge is 0.393 e. The molecule has 28 heavy (non-hydrogen) atoms. The molecule has 1 unspecified atom stereocenters. The van der Waals surface area contributed by atoms with Gasteiger partial charge in [0, 0.05) is 5.69 Å². The molecule has 1 N–H and O–H groups in total. The van der Waals surface area contributed by atoms with Gasteiger partial charge in [-0.3, -0.25) is 0 Å². The maximum atomic E-state index is 12.5. The van der Waals surface area contributed by atoms with Crippen molar-refractivity contribution in [2.45, 2.75) is 25.2 Å². The van der Waals surface area contributed by atoms with Crippen LogP contribution in [0.4, 0.5) is 18.9 Å². The summed E-state index contributed by atoms with van der Waals surface area (Å²) >= 11 is 0. The van der Waals surface area contributed by atoms with Gasteiger partial charge in [-0.05, 0) is 29.8 Å². The molecule has 146 valence electrons. The Bertz CT molecular complexity index is 959. The normalized spacial score (nSPS) is 16.0. The van der Waals surface area contributed by atoms with Crippen molar-refractivity contribution in [2.24, 2.45) is 0 Å². The SMILES string of the molecule is FC(F)(F)Cc1cccc(NCc2noc(C3COc4ccccc4O3)n2)c1. The predicted molar refractivity (Wildman–Crippen MR) is 93.1 cm³/mol. The molecule has 0 spiro atoms. The fourth-order valence-electron chi connectivity index (χ4n) is 2.82. The van der Waals surface area contributed by atoms with Crippen LogP contribution in [0.25, 0.3) is 0 Å². The van der Waals surface area contributed by atoms with Gasteiger partial charge in [0.1, 0.15) is 6.61 Å². The van der Waals surface area contributed by atoms with E-state index in [2.05, 4.69) is 15.5 Å². The maximum Gasteiger partial charge on any atom is 0.393 e. The van der Waals surface area contributed by atoms with Gasteiger partial charge in [-0.1, -0.05) is 29.4 Å². The molecule has 2 heterocycles. The molecule has 9 heteroatoms. The molecule has 0 bridgehead atoms. The Labute approximate surface area is 158 Å². The second-order valence-corrected chi connectivity index (χ2v) is 6.26. The van der Waals surface area contributed by atoms with Crippen LogP contribution in [0, 0.1) is 0 Å². The molecular formula is C19H16F3N3O3. The van der Waals surface area contributed by atoms with Crippen LogP contribution in [0.3, 0.4) is 0 Å². The van der Waals surface area contributed by atoms with Gasteiger partial charge in [0.2, 0.25) is 6.10 Å². The Kier molecular flexibility index (Phi) is 4.81. The number of para-hydroxylation sites is 2. The van der Waals surface area contributed by atoms with Crippen molar-refractivity contribution in [3.8, 4) is 11.5 Å². The van der Waals surface area contributed by atoms with Crippen molar-refractivity contribution in [2.75, 3.05) is 11.9 Å². The number of rotatable bonds is 5. The quantitative estimate of drug-likeness (QED) is 0.699. The van der Waals surface area contributed by atoms with E-state index in [1.807, 2.05) is 18.2 Å². The first-order valence-electron chi connectivity index (χ1n) is 8.57. The molecule has 0 radical (unpaired) electrons. The van der Waals surface area contributed by atoms with Crippen molar-refractivity contribution in [3.05, 3.63) is 65.8 Å². The van der Waals surface area contributed by atoms with Gasteiger partial charge in [-0.25, -0.2) is 0 Å². The highest BCUT2D eigenvalue weighted by atomic mass is 19.4. The maximum absolute atomic E-state index is 12.5. The summed E-state index contributed by atoms with van der Waals surface area (Å²) in [5.41, 5.74) is 0.719. The lowest BCUT2D eigenvalue weighted by molar-refractivity contribution is -0.127. The molecule has 0 saturated heterocycles. The molecule has 0 saturated carbocycles. The number of halogens is 3. The van der Waals surface area contributed by atoms with Gasteiger partial charge < -0.3 is 19.3 Å². The molecule has 0 fully saturated rings. The van der Waals surface area contributed by atoms with Crippen LogP contribution in [0.1, 0.15) is 23.4 Å². The van der Waals surface area contributed by atoms with Crippen molar-refractivity contribution in [1.29, 1.82) is 0 Å². The fourth-order valence-corrected chi connectivity index (χ4v) is 2.82. The third-order valence-corrected chi connectivity index (χ3v) is 4.05. The second kappa shape index (κ2) is 7.41. The third kappa shape index (κ3) is 4.36. The Morgan fingerprint density at radius 3 is 2.71 bits per heavy atom. The fraction of sp³-hybridized carbons (Fsp3) is 0.263. The molecule has 1 atom stereocenters. The topological polar surface area (TPSA) is 69.4 Å². The van der Waals surface area contributed by atoms with Crippen LogP contribution in [0.15, 0.2) is 53.1 Å². The number of ether oxygens (including phenoxy) is 2. The summed E-state index contributed by atoms with van der Waals surface area (Å²) in [6.45, 7) is 0.439. The molecule has 1 aromatic heterocycles. The number of anilines is 1. The minimum absolute atomic E-state index is 0.178. The minimum Gasteiger partial charge on any atom is -0.485 e. The van der Waals surface area contributed by atoms with Crippen LogP contribution >= 0.6 is 0 Å². The molecule has 3 aromatic rings. The third-order valence-electron chi connectivity index (χ3n) is 4.05. The van der Waals surface area contributed by atoms with E-state index in [4.69, 9.17) is 14.0 Å². The molecule has 2 aromatic carbocycles. The zero-order valence-corrected chi connectivity index (χ0v) is 14.6. The van der Waals surface area contributed by atoms with E-state index in [0.29, 0.717) is 23.0 Å². The number of hydrogen-bond acceptors (Lipinski definition) is 6. The van der Waals surface area contributed by atoms with Gasteiger partial charge in [0.15, 0.2) is 17.3 Å².